The number of alkyl halides is 2. The van der Waals surface area contributed by atoms with E-state index in [1.165, 1.54) is 38.2 Å². The Morgan fingerprint density at radius 3 is 1.78 bits per heavy atom. The normalized spacial score (nSPS) is 11.6. The molecule has 0 heterocycles. The van der Waals surface area contributed by atoms with Gasteiger partial charge in [0.2, 0.25) is 0 Å². The molecule has 0 N–H and O–H groups in total. The summed E-state index contributed by atoms with van der Waals surface area (Å²) < 4.78 is 64.2. The Labute approximate surface area is 218 Å². The van der Waals surface area contributed by atoms with Gasteiger partial charge in [-0.05, 0) is 47.7 Å². The summed E-state index contributed by atoms with van der Waals surface area (Å²) in [6, 6.07) is 17.0. The lowest BCUT2D eigenvalue weighted by molar-refractivity contribution is -0.0195. The van der Waals surface area contributed by atoms with Crippen LogP contribution in [0.1, 0.15) is 83.6 Å². The Bertz CT molecular complexity index is 1090. The van der Waals surface area contributed by atoms with E-state index >= 15 is 0 Å². The molecule has 1 nitrogen and oxygen atoms in total. The van der Waals surface area contributed by atoms with E-state index < -0.39 is 29.5 Å². The van der Waals surface area contributed by atoms with E-state index in [2.05, 4.69) is 6.92 Å². The average Bonchev–Trinajstić information content (AvgIpc) is 2.90. The maximum absolute atomic E-state index is 14.8. The molecule has 0 saturated carbocycles. The Hall–Kier alpha value is -2.82. The van der Waals surface area contributed by atoms with Crippen LogP contribution in [0.15, 0.2) is 60.7 Å². The number of unbranched alkanes of at least 4 members (excludes halogenated alkanes) is 7. The number of ether oxygens (including phenoxy) is 1. The third kappa shape index (κ3) is 8.08. The molecule has 0 aliphatic carbocycles. The van der Waals surface area contributed by atoms with Crippen LogP contribution in [0.5, 0.6) is 5.75 Å². The van der Waals surface area contributed by atoms with E-state index in [4.69, 9.17) is 4.74 Å². The second-order valence-corrected chi connectivity index (χ2v) is 9.67. The molecule has 0 saturated heterocycles. The smallest absolute Gasteiger partial charge is 0.276 e. The van der Waals surface area contributed by atoms with Crippen molar-refractivity contribution in [2.24, 2.45) is 0 Å². The molecule has 200 valence electrons. The maximum Gasteiger partial charge on any atom is 0.276 e. The van der Waals surface area contributed by atoms with Crippen LogP contribution in [0, 0.1) is 11.6 Å². The lowest BCUT2D eigenvalue weighted by atomic mass is 9.96. The van der Waals surface area contributed by atoms with Crippen LogP contribution in [-0.4, -0.2) is 6.61 Å². The summed E-state index contributed by atoms with van der Waals surface area (Å²) in [5.74, 6) is -5.29. The summed E-state index contributed by atoms with van der Waals surface area (Å²) in [4.78, 5) is 0. The van der Waals surface area contributed by atoms with Crippen molar-refractivity contribution in [1.82, 2.24) is 0 Å². The molecule has 3 aromatic rings. The van der Waals surface area contributed by atoms with Gasteiger partial charge < -0.3 is 4.74 Å². The standard InChI is InChI=1S/C32H38F4O/c1-3-5-7-8-9-11-23-37-27-18-16-25(17-19-27)24-12-14-26(15-13-24)28-20-21-29(31(34)30(28)33)32(35,36)22-10-6-4-2/h12-21H,3-11,22-23H2,1-2H3. The van der Waals surface area contributed by atoms with Crippen molar-refractivity contribution in [3.63, 3.8) is 0 Å². The maximum atomic E-state index is 14.8. The second-order valence-electron chi connectivity index (χ2n) is 9.67. The zero-order valence-electron chi connectivity index (χ0n) is 22.0. The summed E-state index contributed by atoms with van der Waals surface area (Å²) in [6.45, 7) is 4.81. The third-order valence-corrected chi connectivity index (χ3v) is 6.72. The summed E-state index contributed by atoms with van der Waals surface area (Å²) in [5.41, 5.74) is 1.40. The van der Waals surface area contributed by atoms with E-state index in [0.29, 0.717) is 18.6 Å². The van der Waals surface area contributed by atoms with Gasteiger partial charge in [-0.2, -0.15) is 0 Å². The molecule has 3 aromatic carbocycles. The van der Waals surface area contributed by atoms with E-state index in [9.17, 15) is 17.6 Å². The summed E-state index contributed by atoms with van der Waals surface area (Å²) >= 11 is 0. The molecule has 0 aliphatic heterocycles. The molecular weight excluding hydrogens is 476 g/mol. The summed E-state index contributed by atoms with van der Waals surface area (Å²) in [7, 11) is 0. The first-order chi connectivity index (χ1) is 17.9. The van der Waals surface area contributed by atoms with Gasteiger partial charge in [0, 0.05) is 12.0 Å². The molecule has 0 fully saturated rings. The Balaban J connectivity index is 1.62. The van der Waals surface area contributed by atoms with Crippen molar-refractivity contribution in [3.05, 3.63) is 77.9 Å². The van der Waals surface area contributed by atoms with Gasteiger partial charge >= 0.3 is 0 Å². The highest BCUT2D eigenvalue weighted by Crippen LogP contribution is 2.38. The van der Waals surface area contributed by atoms with Crippen molar-refractivity contribution in [2.45, 2.75) is 84.0 Å². The van der Waals surface area contributed by atoms with Crippen LogP contribution >= 0.6 is 0 Å². The van der Waals surface area contributed by atoms with Crippen LogP contribution in [-0.2, 0) is 5.92 Å². The van der Waals surface area contributed by atoms with Gasteiger partial charge in [0.05, 0.1) is 12.2 Å². The molecular formula is C32H38F4O. The highest BCUT2D eigenvalue weighted by atomic mass is 19.3. The van der Waals surface area contributed by atoms with Crippen molar-refractivity contribution >= 4 is 0 Å². The highest BCUT2D eigenvalue weighted by Gasteiger charge is 2.35. The molecule has 37 heavy (non-hydrogen) atoms. The Morgan fingerprint density at radius 1 is 0.595 bits per heavy atom. The molecule has 0 amide bonds. The fourth-order valence-electron chi connectivity index (χ4n) is 4.44. The number of hydrogen-bond donors (Lipinski definition) is 0. The third-order valence-electron chi connectivity index (χ3n) is 6.72. The SMILES string of the molecule is CCCCCCCCOc1ccc(-c2ccc(-c3ccc(C(F)(F)CCCCC)c(F)c3F)cc2)cc1. The van der Waals surface area contributed by atoms with Gasteiger partial charge in [0.1, 0.15) is 5.75 Å². The summed E-state index contributed by atoms with van der Waals surface area (Å²) in [5, 5.41) is 0. The molecule has 0 bridgehead atoms. The number of hydrogen-bond acceptors (Lipinski definition) is 1. The van der Waals surface area contributed by atoms with E-state index in [-0.39, 0.29) is 12.0 Å². The minimum absolute atomic E-state index is 0.0319. The zero-order valence-corrected chi connectivity index (χ0v) is 22.0. The minimum Gasteiger partial charge on any atom is -0.494 e. The van der Waals surface area contributed by atoms with Gasteiger partial charge in [-0.25, -0.2) is 17.6 Å². The van der Waals surface area contributed by atoms with E-state index in [1.807, 2.05) is 43.3 Å². The first-order valence-corrected chi connectivity index (χ1v) is 13.6. The van der Waals surface area contributed by atoms with Crippen molar-refractivity contribution in [2.75, 3.05) is 6.61 Å². The lowest BCUT2D eigenvalue weighted by Crippen LogP contribution is -2.16. The van der Waals surface area contributed by atoms with Crippen LogP contribution in [0.4, 0.5) is 17.6 Å². The Kier molecular flexibility index (Phi) is 11.0. The van der Waals surface area contributed by atoms with Crippen LogP contribution in [0.3, 0.4) is 0 Å². The van der Waals surface area contributed by atoms with Gasteiger partial charge in [-0.1, -0.05) is 101 Å². The minimum atomic E-state index is -3.40. The number of halogens is 4. The quantitative estimate of drug-likeness (QED) is 0.145. The predicted octanol–water partition coefficient (Wildman–Crippen LogP) is 10.7. The van der Waals surface area contributed by atoms with Gasteiger partial charge in [0.15, 0.2) is 11.6 Å². The largest absolute Gasteiger partial charge is 0.494 e. The molecule has 3 rings (SSSR count). The number of benzene rings is 3. The predicted molar refractivity (Wildman–Crippen MR) is 144 cm³/mol. The molecule has 0 atom stereocenters. The monoisotopic (exact) mass is 514 g/mol. The number of rotatable bonds is 15. The van der Waals surface area contributed by atoms with Crippen molar-refractivity contribution in [1.29, 1.82) is 0 Å². The van der Waals surface area contributed by atoms with Crippen LogP contribution < -0.4 is 4.74 Å². The Morgan fingerprint density at radius 2 is 1.14 bits per heavy atom. The molecule has 5 heteroatoms. The topological polar surface area (TPSA) is 9.23 Å². The molecule has 0 spiro atoms. The van der Waals surface area contributed by atoms with Crippen molar-refractivity contribution < 1.29 is 22.3 Å². The molecule has 0 aromatic heterocycles. The highest BCUT2D eigenvalue weighted by molar-refractivity contribution is 5.71. The fraction of sp³-hybridized carbons (Fsp3) is 0.438. The van der Waals surface area contributed by atoms with Crippen LogP contribution in [0.2, 0.25) is 0 Å². The van der Waals surface area contributed by atoms with Crippen LogP contribution in [0.25, 0.3) is 22.3 Å². The first kappa shape index (κ1) is 28.7. The lowest BCUT2D eigenvalue weighted by Gasteiger charge is -2.18. The van der Waals surface area contributed by atoms with Crippen molar-refractivity contribution in [3.8, 4) is 28.0 Å². The molecule has 0 unspecified atom stereocenters. The van der Waals surface area contributed by atoms with Gasteiger partial charge in [-0.3, -0.25) is 0 Å². The van der Waals surface area contributed by atoms with E-state index in [1.54, 1.807) is 12.1 Å². The fourth-order valence-corrected chi connectivity index (χ4v) is 4.44. The van der Waals surface area contributed by atoms with Gasteiger partial charge in [0.25, 0.3) is 5.92 Å². The van der Waals surface area contributed by atoms with Gasteiger partial charge in [-0.15, -0.1) is 0 Å². The second kappa shape index (κ2) is 14.2. The zero-order chi connectivity index (χ0) is 26.7. The van der Waals surface area contributed by atoms with E-state index in [0.717, 1.165) is 35.8 Å². The average molecular weight is 515 g/mol. The molecule has 0 aliphatic rings. The molecule has 0 radical (unpaired) electrons. The summed E-state index contributed by atoms with van der Waals surface area (Å²) in [6.07, 6.45) is 8.46. The first-order valence-electron chi connectivity index (χ1n) is 13.6.